The monoisotopic (exact) mass is 443 g/mol. The summed E-state index contributed by atoms with van der Waals surface area (Å²) >= 11 is 0. The standard InChI is InChI=1S/C25H19F2N5O/c26-20-7-6-17(12-21(20)27)14-29-25(33)23-22-5-1-2-10-32(22)24(30-23)19-8-11-31(16-19)15-18-4-3-9-28-13-18/h1-13,16H,14-15H2,(H,29,33). The van der Waals surface area contributed by atoms with Gasteiger partial charge in [0.15, 0.2) is 17.3 Å². The number of imidazole rings is 1. The maximum Gasteiger partial charge on any atom is 0.272 e. The number of pyridine rings is 2. The van der Waals surface area contributed by atoms with E-state index in [1.165, 1.54) is 6.07 Å². The highest BCUT2D eigenvalue weighted by molar-refractivity contribution is 6.00. The number of rotatable bonds is 6. The molecule has 1 aromatic carbocycles. The number of halogens is 2. The minimum absolute atomic E-state index is 0.0543. The molecular formula is C25H19F2N5O. The number of fused-ring (bicyclic) bond motifs is 1. The summed E-state index contributed by atoms with van der Waals surface area (Å²) in [6.45, 7) is 0.720. The minimum atomic E-state index is -0.952. The second kappa shape index (κ2) is 8.66. The van der Waals surface area contributed by atoms with Gasteiger partial charge in [-0.3, -0.25) is 14.2 Å². The van der Waals surface area contributed by atoms with Crippen molar-refractivity contribution >= 4 is 11.4 Å². The van der Waals surface area contributed by atoms with Crippen LogP contribution in [0.1, 0.15) is 21.6 Å². The Balaban J connectivity index is 1.41. The number of hydrogen-bond acceptors (Lipinski definition) is 3. The van der Waals surface area contributed by atoms with Crippen molar-refractivity contribution in [1.29, 1.82) is 0 Å². The molecule has 33 heavy (non-hydrogen) atoms. The van der Waals surface area contributed by atoms with E-state index in [2.05, 4.69) is 15.3 Å². The van der Waals surface area contributed by atoms with E-state index in [0.717, 1.165) is 23.3 Å². The van der Waals surface area contributed by atoms with E-state index in [-0.39, 0.29) is 12.2 Å². The third-order valence-corrected chi connectivity index (χ3v) is 5.30. The maximum atomic E-state index is 13.5. The molecule has 0 unspecified atom stereocenters. The molecule has 1 N–H and O–H groups in total. The van der Waals surface area contributed by atoms with E-state index < -0.39 is 17.5 Å². The van der Waals surface area contributed by atoms with E-state index >= 15 is 0 Å². The van der Waals surface area contributed by atoms with Crippen LogP contribution in [0.25, 0.3) is 16.9 Å². The van der Waals surface area contributed by atoms with Gasteiger partial charge in [-0.1, -0.05) is 18.2 Å². The van der Waals surface area contributed by atoms with Crippen LogP contribution in [0.2, 0.25) is 0 Å². The third-order valence-electron chi connectivity index (χ3n) is 5.30. The van der Waals surface area contributed by atoms with Crippen LogP contribution in [-0.2, 0) is 13.1 Å². The molecule has 6 nitrogen and oxygen atoms in total. The lowest BCUT2D eigenvalue weighted by Crippen LogP contribution is -2.23. The van der Waals surface area contributed by atoms with E-state index in [1.54, 1.807) is 6.20 Å². The van der Waals surface area contributed by atoms with Crippen molar-refractivity contribution in [2.45, 2.75) is 13.1 Å². The zero-order valence-corrected chi connectivity index (χ0v) is 17.5. The van der Waals surface area contributed by atoms with Crippen LogP contribution in [0, 0.1) is 11.6 Å². The number of carbonyl (C=O) groups is 1. The fourth-order valence-electron chi connectivity index (χ4n) is 3.70. The van der Waals surface area contributed by atoms with Crippen LogP contribution < -0.4 is 5.32 Å². The summed E-state index contributed by atoms with van der Waals surface area (Å²) in [5.74, 6) is -1.64. The highest BCUT2D eigenvalue weighted by Gasteiger charge is 2.19. The number of aromatic nitrogens is 4. The molecule has 5 rings (SSSR count). The molecule has 0 aliphatic heterocycles. The Morgan fingerprint density at radius 2 is 1.88 bits per heavy atom. The molecule has 0 aliphatic rings. The average molecular weight is 443 g/mol. The number of amides is 1. The number of benzene rings is 1. The summed E-state index contributed by atoms with van der Waals surface area (Å²) < 4.78 is 30.5. The SMILES string of the molecule is O=C(NCc1ccc(F)c(F)c1)c1nc(-c2ccn(Cc3cccnc3)c2)n2ccccc12. The summed E-state index contributed by atoms with van der Waals surface area (Å²) in [4.78, 5) is 21.7. The van der Waals surface area contributed by atoms with E-state index in [1.807, 2.05) is 70.2 Å². The lowest BCUT2D eigenvalue weighted by molar-refractivity contribution is 0.0948. The molecule has 0 spiro atoms. The number of hydrogen-bond donors (Lipinski definition) is 1. The summed E-state index contributed by atoms with van der Waals surface area (Å²) in [6.07, 6.45) is 9.33. The van der Waals surface area contributed by atoms with Crippen molar-refractivity contribution in [1.82, 2.24) is 24.3 Å². The summed E-state index contributed by atoms with van der Waals surface area (Å²) in [6, 6.07) is 14.9. The van der Waals surface area contributed by atoms with Gasteiger partial charge >= 0.3 is 0 Å². The average Bonchev–Trinajstić information content (AvgIpc) is 3.45. The third kappa shape index (κ3) is 4.23. The first-order valence-corrected chi connectivity index (χ1v) is 10.3. The smallest absolute Gasteiger partial charge is 0.272 e. The second-order valence-electron chi connectivity index (χ2n) is 7.60. The normalized spacial score (nSPS) is 11.1. The molecule has 8 heteroatoms. The molecule has 164 valence electrons. The first-order chi connectivity index (χ1) is 16.1. The Labute approximate surface area is 188 Å². The van der Waals surface area contributed by atoms with Crippen LogP contribution in [0.15, 0.2) is 85.6 Å². The Kier molecular flexibility index (Phi) is 5.40. The number of carbonyl (C=O) groups excluding carboxylic acids is 1. The van der Waals surface area contributed by atoms with Crippen molar-refractivity contribution in [2.75, 3.05) is 0 Å². The Hall–Kier alpha value is -4.33. The Morgan fingerprint density at radius 1 is 0.970 bits per heavy atom. The quantitative estimate of drug-likeness (QED) is 0.422. The van der Waals surface area contributed by atoms with Gasteiger partial charge in [0.25, 0.3) is 5.91 Å². The fourth-order valence-corrected chi connectivity index (χ4v) is 3.70. The van der Waals surface area contributed by atoms with Gasteiger partial charge in [0, 0.05) is 49.6 Å². The van der Waals surface area contributed by atoms with Gasteiger partial charge in [0.1, 0.15) is 5.82 Å². The summed E-state index contributed by atoms with van der Waals surface area (Å²) in [5.41, 5.74) is 3.30. The van der Waals surface area contributed by atoms with E-state index in [9.17, 15) is 13.6 Å². The van der Waals surface area contributed by atoms with Crippen LogP contribution >= 0.6 is 0 Å². The second-order valence-corrected chi connectivity index (χ2v) is 7.60. The molecule has 4 heterocycles. The van der Waals surface area contributed by atoms with Gasteiger partial charge in [-0.2, -0.15) is 0 Å². The fraction of sp³-hybridized carbons (Fsp3) is 0.0800. The zero-order chi connectivity index (χ0) is 22.8. The lowest BCUT2D eigenvalue weighted by Gasteiger charge is -2.04. The Bertz CT molecular complexity index is 1440. The Morgan fingerprint density at radius 3 is 2.70 bits per heavy atom. The highest BCUT2D eigenvalue weighted by atomic mass is 19.2. The van der Waals surface area contributed by atoms with E-state index in [4.69, 9.17) is 0 Å². The molecule has 0 saturated heterocycles. The van der Waals surface area contributed by atoms with Gasteiger partial charge in [-0.15, -0.1) is 0 Å². The number of nitrogens with one attached hydrogen (secondary N) is 1. The molecule has 5 aromatic rings. The van der Waals surface area contributed by atoms with Gasteiger partial charge in [-0.25, -0.2) is 13.8 Å². The van der Waals surface area contributed by atoms with Crippen molar-refractivity contribution in [3.8, 4) is 11.4 Å². The van der Waals surface area contributed by atoms with Crippen molar-refractivity contribution in [3.63, 3.8) is 0 Å². The van der Waals surface area contributed by atoms with Gasteiger partial charge in [0.05, 0.1) is 5.52 Å². The summed E-state index contributed by atoms with van der Waals surface area (Å²) in [5, 5.41) is 2.74. The molecule has 4 aromatic heterocycles. The molecule has 1 amide bonds. The molecule has 0 aliphatic carbocycles. The van der Waals surface area contributed by atoms with Crippen molar-refractivity contribution in [3.05, 3.63) is 114 Å². The van der Waals surface area contributed by atoms with Crippen LogP contribution in [-0.4, -0.2) is 24.8 Å². The van der Waals surface area contributed by atoms with Crippen LogP contribution in [0.5, 0.6) is 0 Å². The van der Waals surface area contributed by atoms with Gasteiger partial charge < -0.3 is 9.88 Å². The van der Waals surface area contributed by atoms with Crippen molar-refractivity contribution in [2.24, 2.45) is 0 Å². The lowest BCUT2D eigenvalue weighted by atomic mass is 10.2. The van der Waals surface area contributed by atoms with E-state index in [0.29, 0.717) is 23.4 Å². The molecular weight excluding hydrogens is 424 g/mol. The molecule has 0 bridgehead atoms. The largest absolute Gasteiger partial charge is 0.349 e. The first-order valence-electron chi connectivity index (χ1n) is 10.3. The van der Waals surface area contributed by atoms with Gasteiger partial charge in [-0.05, 0) is 47.5 Å². The zero-order valence-electron chi connectivity index (χ0n) is 17.5. The van der Waals surface area contributed by atoms with Crippen molar-refractivity contribution < 1.29 is 13.6 Å². The molecule has 0 saturated carbocycles. The first kappa shape index (κ1) is 20.6. The molecule has 0 fully saturated rings. The molecule has 0 atom stereocenters. The maximum absolute atomic E-state index is 13.5. The van der Waals surface area contributed by atoms with Crippen LogP contribution in [0.4, 0.5) is 8.78 Å². The molecule has 0 radical (unpaired) electrons. The number of nitrogens with zero attached hydrogens (tertiary/aromatic N) is 4. The summed E-state index contributed by atoms with van der Waals surface area (Å²) in [7, 11) is 0. The van der Waals surface area contributed by atoms with Gasteiger partial charge in [0.2, 0.25) is 0 Å². The van der Waals surface area contributed by atoms with Crippen LogP contribution in [0.3, 0.4) is 0 Å². The minimum Gasteiger partial charge on any atom is -0.349 e. The highest BCUT2D eigenvalue weighted by Crippen LogP contribution is 2.24. The predicted molar refractivity (Wildman–Crippen MR) is 119 cm³/mol. The topological polar surface area (TPSA) is 64.2 Å². The predicted octanol–water partition coefficient (Wildman–Crippen LogP) is 4.45.